The molecular weight excluding hydrogens is 402 g/mol. The van der Waals surface area contributed by atoms with E-state index < -0.39 is 6.04 Å². The fourth-order valence-corrected chi connectivity index (χ4v) is 4.48. The van der Waals surface area contributed by atoms with E-state index in [0.717, 1.165) is 11.1 Å². The molecule has 1 atom stereocenters. The van der Waals surface area contributed by atoms with Crippen molar-refractivity contribution in [3.8, 4) is 11.1 Å². The van der Waals surface area contributed by atoms with Gasteiger partial charge in [-0.1, -0.05) is 6.07 Å². The standard InChI is InChI=1S/C21H17N5O3S/c27-19-18-11-25(21(29)17-10-22-4-5-23-17)6-7-26(18)20(28)15-9-13(1-2-16(15)24-19)14-3-8-30-12-14/h1-5,8-10,12,18H,6-7,11H2,(H,24,27). The van der Waals surface area contributed by atoms with Crippen molar-refractivity contribution < 1.29 is 14.4 Å². The monoisotopic (exact) mass is 419 g/mol. The van der Waals surface area contributed by atoms with Crippen LogP contribution in [0.4, 0.5) is 5.69 Å². The summed E-state index contributed by atoms with van der Waals surface area (Å²) in [5, 5.41) is 6.85. The normalized spacial score (nSPS) is 18.3. The zero-order valence-electron chi connectivity index (χ0n) is 15.8. The molecule has 9 heteroatoms. The van der Waals surface area contributed by atoms with Crippen LogP contribution in [-0.4, -0.2) is 63.2 Å². The van der Waals surface area contributed by atoms with Gasteiger partial charge in [-0.25, -0.2) is 4.98 Å². The second kappa shape index (κ2) is 7.34. The van der Waals surface area contributed by atoms with Crippen LogP contribution in [0.15, 0.2) is 53.6 Å². The molecule has 2 aromatic heterocycles. The molecule has 0 saturated carbocycles. The highest BCUT2D eigenvalue weighted by molar-refractivity contribution is 7.08. The fourth-order valence-electron chi connectivity index (χ4n) is 3.82. The van der Waals surface area contributed by atoms with Crippen LogP contribution in [0, 0.1) is 0 Å². The molecule has 0 radical (unpaired) electrons. The average Bonchev–Trinajstić information content (AvgIpc) is 3.30. The average molecular weight is 419 g/mol. The molecular formula is C21H17N5O3S. The molecule has 1 fully saturated rings. The highest BCUT2D eigenvalue weighted by Crippen LogP contribution is 2.31. The number of aromatic nitrogens is 2. The maximum Gasteiger partial charge on any atom is 0.274 e. The third-order valence-corrected chi connectivity index (χ3v) is 6.06. The van der Waals surface area contributed by atoms with Gasteiger partial charge in [0.05, 0.1) is 24.0 Å². The second-order valence-electron chi connectivity index (χ2n) is 7.12. The summed E-state index contributed by atoms with van der Waals surface area (Å²) in [5.74, 6) is -0.816. The first-order valence-corrected chi connectivity index (χ1v) is 10.4. The molecule has 30 heavy (non-hydrogen) atoms. The smallest absolute Gasteiger partial charge is 0.274 e. The number of rotatable bonds is 2. The zero-order valence-corrected chi connectivity index (χ0v) is 16.6. The van der Waals surface area contributed by atoms with Crippen LogP contribution < -0.4 is 5.32 Å². The fraction of sp³-hybridized carbons (Fsp3) is 0.190. The van der Waals surface area contributed by atoms with Crippen molar-refractivity contribution >= 4 is 34.7 Å². The Kier molecular flexibility index (Phi) is 4.51. The summed E-state index contributed by atoms with van der Waals surface area (Å²) in [6.45, 7) is 0.702. The molecule has 0 aliphatic carbocycles. The van der Waals surface area contributed by atoms with Crippen molar-refractivity contribution in [2.24, 2.45) is 0 Å². The molecule has 150 valence electrons. The number of piperazine rings is 1. The molecule has 1 aromatic carbocycles. The topological polar surface area (TPSA) is 95.5 Å². The van der Waals surface area contributed by atoms with E-state index in [9.17, 15) is 14.4 Å². The van der Waals surface area contributed by atoms with Crippen LogP contribution in [-0.2, 0) is 4.79 Å². The van der Waals surface area contributed by atoms with E-state index in [0.29, 0.717) is 17.8 Å². The quantitative estimate of drug-likeness (QED) is 0.687. The molecule has 0 spiro atoms. The van der Waals surface area contributed by atoms with E-state index >= 15 is 0 Å². The van der Waals surface area contributed by atoms with Crippen LogP contribution in [0.3, 0.4) is 0 Å². The minimum atomic E-state index is -0.760. The summed E-state index contributed by atoms with van der Waals surface area (Å²) >= 11 is 1.58. The van der Waals surface area contributed by atoms with Crippen molar-refractivity contribution in [2.75, 3.05) is 25.0 Å². The number of hydrogen-bond acceptors (Lipinski definition) is 6. The van der Waals surface area contributed by atoms with E-state index in [-0.39, 0.29) is 36.5 Å². The number of amides is 3. The molecule has 8 nitrogen and oxygen atoms in total. The number of anilines is 1. The Bertz CT molecular complexity index is 1130. The highest BCUT2D eigenvalue weighted by Gasteiger charge is 2.40. The van der Waals surface area contributed by atoms with Gasteiger partial charge in [-0.2, -0.15) is 11.3 Å². The minimum absolute atomic E-state index is 0.109. The predicted molar refractivity (Wildman–Crippen MR) is 111 cm³/mol. The number of fused-ring (bicyclic) bond motifs is 2. The molecule has 3 aromatic rings. The second-order valence-corrected chi connectivity index (χ2v) is 7.90. The lowest BCUT2D eigenvalue weighted by atomic mass is 10.0. The van der Waals surface area contributed by atoms with Crippen molar-refractivity contribution in [3.05, 3.63) is 64.9 Å². The predicted octanol–water partition coefficient (Wildman–Crippen LogP) is 2.12. The maximum absolute atomic E-state index is 13.3. The first-order valence-electron chi connectivity index (χ1n) is 9.45. The highest BCUT2D eigenvalue weighted by atomic mass is 32.1. The third kappa shape index (κ3) is 3.13. The van der Waals surface area contributed by atoms with E-state index in [1.165, 1.54) is 18.6 Å². The lowest BCUT2D eigenvalue weighted by Crippen LogP contribution is -2.59. The lowest BCUT2D eigenvalue weighted by molar-refractivity contribution is -0.121. The van der Waals surface area contributed by atoms with Gasteiger partial charge in [0, 0.05) is 25.5 Å². The summed E-state index contributed by atoms with van der Waals surface area (Å²) in [6.07, 6.45) is 4.34. The summed E-state index contributed by atoms with van der Waals surface area (Å²) in [6, 6.07) is 6.70. The first-order chi connectivity index (χ1) is 14.6. The van der Waals surface area contributed by atoms with E-state index in [4.69, 9.17) is 0 Å². The van der Waals surface area contributed by atoms with Gasteiger partial charge < -0.3 is 15.1 Å². The Balaban J connectivity index is 1.43. The van der Waals surface area contributed by atoms with Gasteiger partial charge in [0.25, 0.3) is 11.8 Å². The van der Waals surface area contributed by atoms with E-state index in [2.05, 4.69) is 15.3 Å². The van der Waals surface area contributed by atoms with Gasteiger partial charge in [0.2, 0.25) is 5.91 Å². The summed E-state index contributed by atoms with van der Waals surface area (Å²) in [7, 11) is 0. The van der Waals surface area contributed by atoms with Gasteiger partial charge in [0.15, 0.2) is 0 Å². The number of nitrogens with zero attached hydrogens (tertiary/aromatic N) is 4. The number of hydrogen-bond donors (Lipinski definition) is 1. The SMILES string of the molecule is O=C1Nc2ccc(-c3ccsc3)cc2C(=O)N2CCN(C(=O)c3cnccn3)CC12. The number of nitrogens with one attached hydrogen (secondary N) is 1. The Morgan fingerprint density at radius 2 is 2.03 bits per heavy atom. The molecule has 2 aliphatic rings. The Hall–Kier alpha value is -3.59. The van der Waals surface area contributed by atoms with Crippen molar-refractivity contribution in [2.45, 2.75) is 6.04 Å². The van der Waals surface area contributed by atoms with Crippen LogP contribution in [0.5, 0.6) is 0 Å². The summed E-state index contributed by atoms with van der Waals surface area (Å²) in [4.78, 5) is 50.0. The molecule has 0 bridgehead atoms. The van der Waals surface area contributed by atoms with Gasteiger partial charge in [0.1, 0.15) is 11.7 Å². The number of carbonyl (C=O) groups is 3. The number of thiophene rings is 1. The maximum atomic E-state index is 13.3. The molecule has 3 amide bonds. The van der Waals surface area contributed by atoms with Crippen molar-refractivity contribution in [1.82, 2.24) is 19.8 Å². The van der Waals surface area contributed by atoms with E-state index in [1.807, 2.05) is 29.0 Å². The molecule has 2 aliphatic heterocycles. The Labute approximate surface area is 176 Å². The van der Waals surface area contributed by atoms with E-state index in [1.54, 1.807) is 27.2 Å². The van der Waals surface area contributed by atoms with Crippen molar-refractivity contribution in [3.63, 3.8) is 0 Å². The zero-order chi connectivity index (χ0) is 20.7. The van der Waals surface area contributed by atoms with Crippen LogP contribution in [0.25, 0.3) is 11.1 Å². The number of benzene rings is 1. The van der Waals surface area contributed by atoms with Gasteiger partial charge in [-0.05, 0) is 40.1 Å². The van der Waals surface area contributed by atoms with Crippen LogP contribution in [0.2, 0.25) is 0 Å². The first kappa shape index (κ1) is 18.4. The number of carbonyl (C=O) groups excluding carboxylic acids is 3. The van der Waals surface area contributed by atoms with Gasteiger partial charge in [-0.3, -0.25) is 19.4 Å². The Morgan fingerprint density at radius 3 is 2.80 bits per heavy atom. The molecule has 5 rings (SSSR count). The van der Waals surface area contributed by atoms with Gasteiger partial charge in [-0.15, -0.1) is 0 Å². The molecule has 4 heterocycles. The summed E-state index contributed by atoms with van der Waals surface area (Å²) in [5.41, 5.74) is 3.12. The Morgan fingerprint density at radius 1 is 1.13 bits per heavy atom. The largest absolute Gasteiger partial charge is 0.333 e. The summed E-state index contributed by atoms with van der Waals surface area (Å²) < 4.78 is 0. The molecule has 1 N–H and O–H groups in total. The van der Waals surface area contributed by atoms with Crippen LogP contribution >= 0.6 is 11.3 Å². The van der Waals surface area contributed by atoms with Crippen LogP contribution in [0.1, 0.15) is 20.8 Å². The lowest BCUT2D eigenvalue weighted by Gasteiger charge is -2.39. The molecule has 1 unspecified atom stereocenters. The third-order valence-electron chi connectivity index (χ3n) is 5.38. The van der Waals surface area contributed by atoms with Crippen molar-refractivity contribution in [1.29, 1.82) is 0 Å². The van der Waals surface area contributed by atoms with Gasteiger partial charge >= 0.3 is 0 Å². The minimum Gasteiger partial charge on any atom is -0.333 e. The molecule has 1 saturated heterocycles.